The van der Waals surface area contributed by atoms with Crippen LogP contribution in [0.2, 0.25) is 0 Å². The van der Waals surface area contributed by atoms with Crippen molar-refractivity contribution in [3.05, 3.63) is 35.9 Å². The van der Waals surface area contributed by atoms with Gasteiger partial charge in [0.05, 0.1) is 13.5 Å². The normalized spacial score (nSPS) is 23.9. The summed E-state index contributed by atoms with van der Waals surface area (Å²) in [7, 11) is -2.59. The molecule has 3 atom stereocenters. The van der Waals surface area contributed by atoms with E-state index in [0.717, 1.165) is 5.56 Å². The van der Waals surface area contributed by atoms with Gasteiger partial charge in [0, 0.05) is 18.4 Å². The first-order valence-electron chi connectivity index (χ1n) is 9.40. The minimum Gasteiger partial charge on any atom is -0.480 e. The van der Waals surface area contributed by atoms with E-state index in [1.807, 2.05) is 6.07 Å². The largest absolute Gasteiger partial charge is 0.500 e. The van der Waals surface area contributed by atoms with Crippen LogP contribution in [0.25, 0.3) is 0 Å². The number of nitrogens with one attached hydrogen (secondary N) is 2. The molecule has 1 aromatic rings. The molecule has 0 bridgehead atoms. The number of rotatable bonds is 9. The lowest BCUT2D eigenvalue weighted by atomic mass is 9.87. The molecule has 1 unspecified atom stereocenters. The van der Waals surface area contributed by atoms with Gasteiger partial charge in [-0.3, -0.25) is 14.4 Å². The molecule has 1 aliphatic heterocycles. The second-order valence-corrected chi connectivity index (χ2v) is 9.36. The number of carbonyl (C=O) groups excluding carboxylic acids is 2. The van der Waals surface area contributed by atoms with Crippen LogP contribution in [0, 0.1) is 5.41 Å². The van der Waals surface area contributed by atoms with Crippen molar-refractivity contribution in [2.24, 2.45) is 5.41 Å². The number of methoxy groups -OCH3 is 1. The van der Waals surface area contributed by atoms with Crippen molar-refractivity contribution in [2.75, 3.05) is 20.3 Å². The summed E-state index contributed by atoms with van der Waals surface area (Å²) in [6.07, 6.45) is -1.03. The smallest absolute Gasteiger partial charge is 0.480 e. The Bertz CT molecular complexity index is 760. The summed E-state index contributed by atoms with van der Waals surface area (Å²) < 4.78 is 15.6. The molecule has 1 heterocycles. The topological polar surface area (TPSA) is 143 Å². The number of carbonyl (C=O) groups is 3. The Balaban J connectivity index is 2.07. The number of amides is 1. The standard InChI is InChI=1S/C19H27N2O8P/c1-19(2)12-28-30(26,29-16(19)17(23)20-10-9-15(22)27-3)21-14(18(24)25)11-13-7-5-4-6-8-13/h4-8,14,16,21,26H,9-12H2,1-3H3,(H-,20,23,24,25)/p+1/t14-,16-,30?/m0/s1. The van der Waals surface area contributed by atoms with Gasteiger partial charge in [0.15, 0.2) is 12.1 Å². The van der Waals surface area contributed by atoms with Crippen LogP contribution in [-0.4, -0.2) is 60.3 Å². The first-order chi connectivity index (χ1) is 14.1. The fourth-order valence-corrected chi connectivity index (χ4v) is 4.80. The third-order valence-electron chi connectivity index (χ3n) is 4.56. The zero-order chi connectivity index (χ0) is 22.4. The van der Waals surface area contributed by atoms with Gasteiger partial charge in [-0.2, -0.15) is 9.42 Å². The van der Waals surface area contributed by atoms with E-state index in [-0.39, 0.29) is 26.0 Å². The summed E-state index contributed by atoms with van der Waals surface area (Å²) in [5, 5.41) is 14.7. The number of ether oxygens (including phenoxy) is 1. The molecular formula is C19H28N2O8P+. The van der Waals surface area contributed by atoms with Gasteiger partial charge in [-0.15, -0.1) is 9.61 Å². The van der Waals surface area contributed by atoms with E-state index in [0.29, 0.717) is 0 Å². The second-order valence-electron chi connectivity index (χ2n) is 7.59. The molecule has 1 saturated heterocycles. The SMILES string of the molecule is COC(=O)CCNC(=O)[C@@H]1O[P+](O)(N[C@@H](Cc2ccccc2)C(=O)O)OCC1(C)C. The molecule has 1 aromatic carbocycles. The predicted octanol–water partition coefficient (Wildman–Crippen LogP) is 1.06. The maximum absolute atomic E-state index is 12.6. The number of carboxylic acid groups (broad SMARTS) is 1. The van der Waals surface area contributed by atoms with Crippen molar-refractivity contribution >= 4 is 25.9 Å². The monoisotopic (exact) mass is 443 g/mol. The van der Waals surface area contributed by atoms with E-state index < -0.39 is 43.5 Å². The van der Waals surface area contributed by atoms with E-state index in [4.69, 9.17) is 9.05 Å². The van der Waals surface area contributed by atoms with Gasteiger partial charge in [0.25, 0.3) is 5.91 Å². The van der Waals surface area contributed by atoms with Gasteiger partial charge in [0.2, 0.25) is 0 Å². The second kappa shape index (κ2) is 10.3. The average molecular weight is 443 g/mol. The predicted molar refractivity (Wildman–Crippen MR) is 108 cm³/mol. The fraction of sp³-hybridized carbons (Fsp3) is 0.526. The van der Waals surface area contributed by atoms with Gasteiger partial charge >= 0.3 is 20.0 Å². The third kappa shape index (κ3) is 6.72. The first kappa shape index (κ1) is 24.2. The number of esters is 1. The molecule has 0 saturated carbocycles. The molecule has 11 heteroatoms. The van der Waals surface area contributed by atoms with Crippen molar-refractivity contribution in [1.29, 1.82) is 0 Å². The molecule has 4 N–H and O–H groups in total. The highest BCUT2D eigenvalue weighted by atomic mass is 31.2. The van der Waals surface area contributed by atoms with Gasteiger partial charge in [0.1, 0.15) is 6.61 Å². The highest BCUT2D eigenvalue weighted by Crippen LogP contribution is 2.60. The summed E-state index contributed by atoms with van der Waals surface area (Å²) in [6.45, 7) is 3.45. The Hall–Kier alpha value is -2.10. The summed E-state index contributed by atoms with van der Waals surface area (Å²) in [5.41, 5.74) is -0.0417. The van der Waals surface area contributed by atoms with E-state index in [9.17, 15) is 24.4 Å². The summed E-state index contributed by atoms with van der Waals surface area (Å²) in [4.78, 5) is 46.3. The fourth-order valence-electron chi connectivity index (χ4n) is 2.83. The lowest BCUT2D eigenvalue weighted by Crippen LogP contribution is -2.53. The molecule has 0 aliphatic carbocycles. The van der Waals surface area contributed by atoms with Crippen LogP contribution in [0.3, 0.4) is 0 Å². The minimum absolute atomic E-state index is 0.0122. The van der Waals surface area contributed by atoms with Gasteiger partial charge in [-0.1, -0.05) is 44.2 Å². The first-order valence-corrected chi connectivity index (χ1v) is 11.0. The lowest BCUT2D eigenvalue weighted by molar-refractivity contribution is -0.142. The number of hydrogen-bond donors (Lipinski definition) is 4. The number of hydrogen-bond acceptors (Lipinski definition) is 8. The van der Waals surface area contributed by atoms with E-state index >= 15 is 0 Å². The lowest BCUT2D eigenvalue weighted by Gasteiger charge is -2.37. The van der Waals surface area contributed by atoms with Crippen molar-refractivity contribution < 1.29 is 38.2 Å². The molecule has 30 heavy (non-hydrogen) atoms. The van der Waals surface area contributed by atoms with Crippen molar-refractivity contribution in [2.45, 2.75) is 38.8 Å². The molecule has 10 nitrogen and oxygen atoms in total. The number of carboxylic acids is 1. The van der Waals surface area contributed by atoms with Gasteiger partial charge in [-0.05, 0) is 5.56 Å². The Morgan fingerprint density at radius 1 is 1.30 bits per heavy atom. The quantitative estimate of drug-likeness (QED) is 0.325. The van der Waals surface area contributed by atoms with Gasteiger partial charge in [-0.25, -0.2) is 0 Å². The highest BCUT2D eigenvalue weighted by Gasteiger charge is 2.58. The third-order valence-corrected chi connectivity index (χ3v) is 6.18. The molecule has 0 aromatic heterocycles. The average Bonchev–Trinajstić information content (AvgIpc) is 2.70. The van der Waals surface area contributed by atoms with Crippen LogP contribution in [0.1, 0.15) is 25.8 Å². The van der Waals surface area contributed by atoms with Gasteiger partial charge < -0.3 is 15.2 Å². The molecule has 1 aliphatic rings. The van der Waals surface area contributed by atoms with Crippen LogP contribution in [0.5, 0.6) is 0 Å². The number of benzene rings is 1. The summed E-state index contributed by atoms with van der Waals surface area (Å²) in [6, 6.07) is 7.72. The van der Waals surface area contributed by atoms with Crippen LogP contribution < -0.4 is 10.4 Å². The van der Waals surface area contributed by atoms with Crippen LogP contribution in [0.15, 0.2) is 30.3 Å². The summed E-state index contributed by atoms with van der Waals surface area (Å²) in [5.74, 6) is -2.20. The Morgan fingerprint density at radius 2 is 1.97 bits per heavy atom. The van der Waals surface area contributed by atoms with Crippen molar-refractivity contribution in [3.63, 3.8) is 0 Å². The summed E-state index contributed by atoms with van der Waals surface area (Å²) >= 11 is 0. The van der Waals surface area contributed by atoms with Crippen molar-refractivity contribution in [3.8, 4) is 0 Å². The van der Waals surface area contributed by atoms with E-state index in [1.165, 1.54) is 7.11 Å². The van der Waals surface area contributed by atoms with E-state index in [2.05, 4.69) is 15.1 Å². The van der Waals surface area contributed by atoms with Crippen LogP contribution >= 0.6 is 8.09 Å². The molecule has 2 rings (SSSR count). The molecule has 166 valence electrons. The maximum Gasteiger partial charge on any atom is 0.500 e. The zero-order valence-corrected chi connectivity index (χ0v) is 18.1. The molecule has 0 radical (unpaired) electrons. The Kier molecular flexibility index (Phi) is 8.28. The van der Waals surface area contributed by atoms with Crippen LogP contribution in [0.4, 0.5) is 0 Å². The Labute approximate surface area is 175 Å². The maximum atomic E-state index is 12.6. The zero-order valence-electron chi connectivity index (χ0n) is 17.2. The Morgan fingerprint density at radius 3 is 2.57 bits per heavy atom. The highest BCUT2D eigenvalue weighted by molar-refractivity contribution is 7.58. The van der Waals surface area contributed by atoms with E-state index in [1.54, 1.807) is 38.1 Å². The van der Waals surface area contributed by atoms with Crippen molar-refractivity contribution in [1.82, 2.24) is 10.4 Å². The molecule has 1 fully saturated rings. The molecule has 1 amide bonds. The molecule has 0 spiro atoms. The van der Waals surface area contributed by atoms with Crippen LogP contribution in [-0.2, 0) is 34.6 Å². The molecular weight excluding hydrogens is 415 g/mol. The number of aliphatic carboxylic acids is 1. The minimum atomic E-state index is -3.84.